The molecule has 0 heterocycles. The lowest BCUT2D eigenvalue weighted by Gasteiger charge is -2.15. The summed E-state index contributed by atoms with van der Waals surface area (Å²) in [7, 11) is 5.45. The number of nitrogens with one attached hydrogen (secondary N) is 2. The lowest BCUT2D eigenvalue weighted by molar-refractivity contribution is -0.146. The maximum absolute atomic E-state index is 10.9. The van der Waals surface area contributed by atoms with Crippen LogP contribution in [0.3, 0.4) is 0 Å². The summed E-state index contributed by atoms with van der Waals surface area (Å²) in [6.45, 7) is 8.34. The van der Waals surface area contributed by atoms with Crippen LogP contribution >= 0.6 is 63.7 Å². The predicted molar refractivity (Wildman–Crippen MR) is 155 cm³/mol. The summed E-state index contributed by atoms with van der Waals surface area (Å²) in [4.78, 5) is 83.5. The Bertz CT molecular complexity index is 806. The molecule has 0 aliphatic rings. The summed E-state index contributed by atoms with van der Waals surface area (Å²) in [5.74, 6) is -2.65. The Morgan fingerprint density at radius 1 is 0.658 bits per heavy atom. The molecule has 0 spiro atoms. The fourth-order valence-corrected chi connectivity index (χ4v) is 2.09. The largest absolute Gasteiger partial charge is 0.468 e. The summed E-state index contributed by atoms with van der Waals surface area (Å²) in [5.41, 5.74) is 0. The average molecular weight is 806 g/mol. The summed E-state index contributed by atoms with van der Waals surface area (Å²) in [6.07, 6.45) is 0. The quantitative estimate of drug-likeness (QED) is 0.210. The highest BCUT2D eigenvalue weighted by atomic mass is 79.9. The highest BCUT2D eigenvalue weighted by Gasteiger charge is 2.36. The zero-order valence-electron chi connectivity index (χ0n) is 22.7. The van der Waals surface area contributed by atoms with Gasteiger partial charge in [0.05, 0.1) is 14.2 Å². The van der Waals surface area contributed by atoms with Gasteiger partial charge in [-0.3, -0.25) is 38.4 Å². The van der Waals surface area contributed by atoms with Crippen LogP contribution in [-0.2, 0) is 47.8 Å². The number of carbonyl (C=O) groups excluding carboxylic acids is 8. The number of hydrogen-bond donors (Lipinski definition) is 2. The van der Waals surface area contributed by atoms with Crippen molar-refractivity contribution >= 4 is 111 Å². The third-order valence-electron chi connectivity index (χ3n) is 4.14. The molecule has 0 bridgehead atoms. The maximum Gasteiger partial charge on any atom is 0.329 e. The van der Waals surface area contributed by atoms with Crippen LogP contribution in [0.25, 0.3) is 0 Å². The SMILES string of the molecule is CNC(=O)C(Br)C(C)=O.CNC(=O)C(C)(Br)C(C)=O.COC(=O)C(Br)C(C)=O.COC(=O)C(C)(Br)C(C)=O. The first-order valence-electron chi connectivity index (χ1n) is 10.3. The van der Waals surface area contributed by atoms with E-state index in [9.17, 15) is 38.4 Å². The maximum atomic E-state index is 10.9. The normalized spacial score (nSPS) is 14.1. The second-order valence-electron chi connectivity index (χ2n) is 7.27. The van der Waals surface area contributed by atoms with Crippen molar-refractivity contribution in [3.05, 3.63) is 0 Å². The number of halogens is 4. The molecule has 0 saturated heterocycles. The Morgan fingerprint density at radius 3 is 1.13 bits per heavy atom. The number of carbonyl (C=O) groups is 8. The third-order valence-corrected chi connectivity index (χ3v) is 8.02. The van der Waals surface area contributed by atoms with Crippen molar-refractivity contribution < 1.29 is 47.8 Å². The van der Waals surface area contributed by atoms with Crippen molar-refractivity contribution in [2.75, 3.05) is 28.3 Å². The molecule has 0 aliphatic carbocycles. The van der Waals surface area contributed by atoms with E-state index >= 15 is 0 Å². The van der Waals surface area contributed by atoms with E-state index in [1.54, 1.807) is 0 Å². The van der Waals surface area contributed by atoms with Gasteiger partial charge in [0, 0.05) is 14.1 Å². The van der Waals surface area contributed by atoms with Gasteiger partial charge in [-0.05, 0) is 41.5 Å². The van der Waals surface area contributed by atoms with E-state index in [0.717, 1.165) is 0 Å². The van der Waals surface area contributed by atoms with Crippen molar-refractivity contribution in [1.29, 1.82) is 0 Å². The lowest BCUT2D eigenvalue weighted by Crippen LogP contribution is -2.43. The molecule has 4 unspecified atom stereocenters. The zero-order chi connectivity index (χ0) is 31.6. The van der Waals surface area contributed by atoms with Gasteiger partial charge in [-0.25, -0.2) is 0 Å². The Balaban J connectivity index is -0.000000203. The molecule has 0 aromatic carbocycles. The zero-order valence-corrected chi connectivity index (χ0v) is 29.1. The highest BCUT2D eigenvalue weighted by molar-refractivity contribution is 9.11. The number of ether oxygens (including phenoxy) is 2. The Kier molecular flexibility index (Phi) is 24.4. The minimum absolute atomic E-state index is 0.186. The first kappa shape index (κ1) is 43.5. The molecule has 0 aromatic rings. The third kappa shape index (κ3) is 17.9. The number of amides is 2. The van der Waals surface area contributed by atoms with Crippen LogP contribution in [0.4, 0.5) is 0 Å². The minimum atomic E-state index is -1.18. The first-order chi connectivity index (χ1) is 17.0. The number of esters is 2. The molecule has 4 atom stereocenters. The molecule has 0 rings (SSSR count). The van der Waals surface area contributed by atoms with Crippen LogP contribution in [0.5, 0.6) is 0 Å². The molecule has 0 aliphatic heterocycles. The van der Waals surface area contributed by atoms with Crippen molar-refractivity contribution in [2.45, 2.75) is 59.8 Å². The van der Waals surface area contributed by atoms with E-state index in [4.69, 9.17) is 0 Å². The topological polar surface area (TPSA) is 179 Å². The standard InChI is InChI=1S/C6H10BrNO2.C6H9BrO3.C5H8BrNO2.C5H7BrO3/c1-4(9)6(2,7)5(10)8-3;1-4(8)6(2,7)5(9)10-3;1-3(8)4(6)5(9)7-2;1-3(7)4(6)5(8)9-2/h1-3H3,(H,8,10);1-3H3;4H,1-2H3,(H,7,9);4H,1-2H3. The summed E-state index contributed by atoms with van der Waals surface area (Å²) in [5, 5.41) is 4.72. The van der Waals surface area contributed by atoms with Crippen molar-refractivity contribution in [2.24, 2.45) is 0 Å². The van der Waals surface area contributed by atoms with Crippen molar-refractivity contribution in [3.63, 3.8) is 0 Å². The lowest BCUT2D eigenvalue weighted by atomic mass is 10.1. The minimum Gasteiger partial charge on any atom is -0.468 e. The molecule has 0 aromatic heterocycles. The molecule has 0 radical (unpaired) electrons. The van der Waals surface area contributed by atoms with Crippen LogP contribution in [0.15, 0.2) is 0 Å². The van der Waals surface area contributed by atoms with Gasteiger partial charge in [-0.1, -0.05) is 63.7 Å². The number of rotatable bonds is 8. The molecule has 220 valence electrons. The number of methoxy groups -OCH3 is 2. The molecule has 2 N–H and O–H groups in total. The van der Waals surface area contributed by atoms with Gasteiger partial charge in [0.2, 0.25) is 11.8 Å². The predicted octanol–water partition coefficient (Wildman–Crippen LogP) is 1.97. The molecule has 2 amide bonds. The monoisotopic (exact) mass is 802 g/mol. The van der Waals surface area contributed by atoms with E-state index < -0.39 is 30.2 Å². The summed E-state index contributed by atoms with van der Waals surface area (Å²) >= 11 is 11.7. The van der Waals surface area contributed by atoms with Crippen LogP contribution in [0, 0.1) is 0 Å². The number of hydrogen-bond acceptors (Lipinski definition) is 10. The molecule has 0 saturated carbocycles. The smallest absolute Gasteiger partial charge is 0.329 e. The number of ketones is 4. The second-order valence-corrected chi connectivity index (χ2v) is 12.3. The molecular formula is C22H34Br4N2O10. The van der Waals surface area contributed by atoms with Crippen LogP contribution in [0.2, 0.25) is 0 Å². The fraction of sp³-hybridized carbons (Fsp3) is 0.636. The Morgan fingerprint density at radius 2 is 1.03 bits per heavy atom. The van der Waals surface area contributed by atoms with E-state index in [0.29, 0.717) is 0 Å². The van der Waals surface area contributed by atoms with Gasteiger partial charge in [0.15, 0.2) is 41.4 Å². The van der Waals surface area contributed by atoms with Gasteiger partial charge < -0.3 is 20.1 Å². The van der Waals surface area contributed by atoms with Gasteiger partial charge in [-0.15, -0.1) is 0 Å². The molecule has 12 nitrogen and oxygen atoms in total. The second kappa shape index (κ2) is 21.3. The van der Waals surface area contributed by atoms with Crippen molar-refractivity contribution in [3.8, 4) is 0 Å². The van der Waals surface area contributed by atoms with E-state index in [1.165, 1.54) is 69.9 Å². The van der Waals surface area contributed by atoms with E-state index in [-0.39, 0.29) is 34.9 Å². The van der Waals surface area contributed by atoms with Gasteiger partial charge >= 0.3 is 11.9 Å². The molecule has 0 fully saturated rings. The first-order valence-corrected chi connectivity index (χ1v) is 13.7. The van der Waals surface area contributed by atoms with Crippen LogP contribution in [0.1, 0.15) is 41.5 Å². The molecule has 16 heteroatoms. The van der Waals surface area contributed by atoms with E-state index in [1.807, 2.05) is 0 Å². The summed E-state index contributed by atoms with van der Waals surface area (Å²) in [6, 6.07) is 0. The summed E-state index contributed by atoms with van der Waals surface area (Å²) < 4.78 is 6.39. The van der Waals surface area contributed by atoms with Crippen LogP contribution in [-0.4, -0.2) is 93.5 Å². The van der Waals surface area contributed by atoms with Crippen molar-refractivity contribution in [1.82, 2.24) is 10.6 Å². The van der Waals surface area contributed by atoms with Gasteiger partial charge in [0.25, 0.3) is 0 Å². The number of alkyl halides is 4. The average Bonchev–Trinajstić information content (AvgIpc) is 2.86. The highest BCUT2D eigenvalue weighted by Crippen LogP contribution is 2.19. The Hall–Kier alpha value is -1.52. The van der Waals surface area contributed by atoms with Gasteiger partial charge in [0.1, 0.15) is 0 Å². The fourth-order valence-electron chi connectivity index (χ4n) is 1.31. The van der Waals surface area contributed by atoms with E-state index in [2.05, 4.69) is 83.8 Å². The van der Waals surface area contributed by atoms with Gasteiger partial charge in [-0.2, -0.15) is 0 Å². The Labute approximate surface area is 256 Å². The molecular weight excluding hydrogens is 772 g/mol. The number of Topliss-reactive ketones (excluding diaryl/α,β-unsaturated/α-hetero) is 4. The van der Waals surface area contributed by atoms with Crippen LogP contribution < -0.4 is 10.6 Å². The molecule has 38 heavy (non-hydrogen) atoms.